The Hall–Kier alpha value is -0.710. The lowest BCUT2D eigenvalue weighted by Gasteiger charge is -2.57. The van der Waals surface area contributed by atoms with Gasteiger partial charge in [-0.25, -0.2) is 0 Å². The standard InChI is InChI=1S/C25H41NO3/c1-24-11-9-19(29-16-15-28-14-13-26(3)4)17-18(24)5-6-20-21-7-8-23(27)25(21,2)12-10-22(20)24/h17,19-22H,5-16H2,1-4H3. The van der Waals surface area contributed by atoms with Crippen molar-refractivity contribution < 1.29 is 14.3 Å². The summed E-state index contributed by atoms with van der Waals surface area (Å²) < 4.78 is 11.8. The van der Waals surface area contributed by atoms with Gasteiger partial charge in [0.1, 0.15) is 5.78 Å². The van der Waals surface area contributed by atoms with Gasteiger partial charge in [0.2, 0.25) is 0 Å². The lowest BCUT2D eigenvalue weighted by atomic mass is 9.47. The van der Waals surface area contributed by atoms with Gasteiger partial charge in [-0.15, -0.1) is 0 Å². The van der Waals surface area contributed by atoms with Crippen molar-refractivity contribution in [2.45, 2.75) is 71.3 Å². The molecule has 0 N–H and O–H groups in total. The second-order valence-corrected chi connectivity index (χ2v) is 10.8. The zero-order valence-corrected chi connectivity index (χ0v) is 19.0. The first-order valence-corrected chi connectivity index (χ1v) is 11.9. The molecule has 3 saturated carbocycles. The second-order valence-electron chi connectivity index (χ2n) is 10.8. The Morgan fingerprint density at radius 3 is 2.52 bits per heavy atom. The van der Waals surface area contributed by atoms with Gasteiger partial charge in [0.15, 0.2) is 0 Å². The van der Waals surface area contributed by atoms with Crippen molar-refractivity contribution in [3.8, 4) is 0 Å². The normalized spacial score (nSPS) is 41.7. The van der Waals surface area contributed by atoms with Gasteiger partial charge in [-0.1, -0.05) is 25.5 Å². The predicted molar refractivity (Wildman–Crippen MR) is 116 cm³/mol. The highest BCUT2D eigenvalue weighted by Crippen LogP contribution is 2.64. The molecule has 0 spiro atoms. The molecule has 4 nitrogen and oxygen atoms in total. The van der Waals surface area contributed by atoms with E-state index in [1.807, 2.05) is 0 Å². The lowest BCUT2D eigenvalue weighted by Crippen LogP contribution is -2.50. The van der Waals surface area contributed by atoms with Gasteiger partial charge in [0.25, 0.3) is 0 Å². The van der Waals surface area contributed by atoms with Crippen LogP contribution < -0.4 is 0 Å². The van der Waals surface area contributed by atoms with E-state index in [1.165, 1.54) is 25.7 Å². The number of allylic oxidation sites excluding steroid dienone is 1. The van der Waals surface area contributed by atoms with Crippen molar-refractivity contribution in [3.05, 3.63) is 11.6 Å². The third kappa shape index (κ3) is 3.97. The van der Waals surface area contributed by atoms with Gasteiger partial charge in [0, 0.05) is 18.4 Å². The molecule has 0 aromatic carbocycles. The van der Waals surface area contributed by atoms with Crippen LogP contribution in [-0.2, 0) is 14.3 Å². The summed E-state index contributed by atoms with van der Waals surface area (Å²) in [6, 6.07) is 0. The average Bonchev–Trinajstić information content (AvgIpc) is 2.99. The summed E-state index contributed by atoms with van der Waals surface area (Å²) in [5.74, 6) is 2.71. The highest BCUT2D eigenvalue weighted by molar-refractivity contribution is 5.87. The molecular formula is C25H41NO3. The van der Waals surface area contributed by atoms with E-state index in [0.717, 1.165) is 50.7 Å². The Bertz CT molecular complexity index is 644. The van der Waals surface area contributed by atoms with E-state index < -0.39 is 0 Å². The van der Waals surface area contributed by atoms with Crippen molar-refractivity contribution in [1.82, 2.24) is 4.90 Å². The van der Waals surface area contributed by atoms with Crippen LogP contribution in [0.2, 0.25) is 0 Å². The minimum absolute atomic E-state index is 0.00829. The molecule has 0 amide bonds. The van der Waals surface area contributed by atoms with E-state index in [0.29, 0.717) is 30.3 Å². The molecule has 3 fully saturated rings. The number of likely N-dealkylation sites (N-methyl/N-ethyl adjacent to an activating group) is 1. The molecule has 0 aromatic rings. The molecule has 0 bridgehead atoms. The van der Waals surface area contributed by atoms with Crippen molar-refractivity contribution in [2.75, 3.05) is 40.5 Å². The smallest absolute Gasteiger partial charge is 0.139 e. The van der Waals surface area contributed by atoms with Crippen LogP contribution in [0.4, 0.5) is 0 Å². The van der Waals surface area contributed by atoms with Crippen molar-refractivity contribution in [2.24, 2.45) is 28.6 Å². The third-order valence-electron chi connectivity index (χ3n) is 9.02. The first kappa shape index (κ1) is 21.5. The quantitative estimate of drug-likeness (QED) is 0.464. The molecule has 29 heavy (non-hydrogen) atoms. The summed E-state index contributed by atoms with van der Waals surface area (Å²) in [7, 11) is 4.13. The Morgan fingerprint density at radius 2 is 1.72 bits per heavy atom. The maximum absolute atomic E-state index is 12.6. The van der Waals surface area contributed by atoms with E-state index in [4.69, 9.17) is 9.47 Å². The number of carbonyl (C=O) groups excluding carboxylic acids is 1. The van der Waals surface area contributed by atoms with E-state index in [9.17, 15) is 4.79 Å². The van der Waals surface area contributed by atoms with Gasteiger partial charge in [0.05, 0.1) is 25.9 Å². The van der Waals surface area contributed by atoms with Crippen LogP contribution >= 0.6 is 0 Å². The number of fused-ring (bicyclic) bond motifs is 5. The van der Waals surface area contributed by atoms with Crippen molar-refractivity contribution in [1.29, 1.82) is 0 Å². The zero-order valence-electron chi connectivity index (χ0n) is 19.0. The molecule has 0 aromatic heterocycles. The summed E-state index contributed by atoms with van der Waals surface area (Å²) in [4.78, 5) is 14.7. The van der Waals surface area contributed by atoms with Gasteiger partial charge in [-0.05, 0) is 82.2 Å². The highest BCUT2D eigenvalue weighted by Gasteiger charge is 2.58. The number of rotatable bonds is 7. The van der Waals surface area contributed by atoms with E-state index in [2.05, 4.69) is 38.9 Å². The molecular weight excluding hydrogens is 362 g/mol. The van der Waals surface area contributed by atoms with Crippen LogP contribution in [0.5, 0.6) is 0 Å². The average molecular weight is 404 g/mol. The van der Waals surface area contributed by atoms with Crippen LogP contribution in [0.15, 0.2) is 11.6 Å². The largest absolute Gasteiger partial charge is 0.378 e. The Labute approximate surface area is 177 Å². The van der Waals surface area contributed by atoms with Crippen molar-refractivity contribution >= 4 is 5.78 Å². The predicted octanol–water partition coefficient (Wildman–Crippen LogP) is 4.48. The van der Waals surface area contributed by atoms with Crippen LogP contribution in [0.25, 0.3) is 0 Å². The second kappa shape index (κ2) is 8.43. The third-order valence-corrected chi connectivity index (χ3v) is 9.02. The molecule has 4 rings (SSSR count). The Kier molecular flexibility index (Phi) is 6.26. The topological polar surface area (TPSA) is 38.8 Å². The number of ether oxygens (including phenoxy) is 2. The van der Waals surface area contributed by atoms with Crippen LogP contribution in [0.1, 0.15) is 65.2 Å². The molecule has 0 saturated heterocycles. The summed E-state index contributed by atoms with van der Waals surface area (Å²) in [6.45, 7) is 7.90. The summed E-state index contributed by atoms with van der Waals surface area (Å²) in [5, 5.41) is 0. The minimum atomic E-state index is -0.00829. The number of hydrogen-bond acceptors (Lipinski definition) is 4. The molecule has 0 heterocycles. The molecule has 6 atom stereocenters. The number of ketones is 1. The fourth-order valence-electron chi connectivity index (χ4n) is 7.21. The molecule has 4 aliphatic rings. The van der Waals surface area contributed by atoms with Crippen LogP contribution in [-0.4, -0.2) is 57.2 Å². The number of carbonyl (C=O) groups is 1. The van der Waals surface area contributed by atoms with E-state index in [1.54, 1.807) is 5.57 Å². The number of hydrogen-bond donors (Lipinski definition) is 0. The molecule has 6 unspecified atom stereocenters. The first-order chi connectivity index (χ1) is 13.8. The van der Waals surface area contributed by atoms with Gasteiger partial charge in [-0.2, -0.15) is 0 Å². The van der Waals surface area contributed by atoms with Gasteiger partial charge in [-0.3, -0.25) is 4.79 Å². The molecule has 4 heteroatoms. The molecule has 0 radical (unpaired) electrons. The molecule has 0 aliphatic heterocycles. The summed E-state index contributed by atoms with van der Waals surface area (Å²) >= 11 is 0. The monoisotopic (exact) mass is 403 g/mol. The SMILES string of the molecule is CN(C)CCOCCOC1C=C2CCC3C4CCC(=O)C4(C)CCC3C2(C)CC1. The number of Topliss-reactive ketones (excluding diaryl/α,β-unsaturated/α-hetero) is 1. The highest BCUT2D eigenvalue weighted by atomic mass is 16.5. The summed E-state index contributed by atoms with van der Waals surface area (Å²) in [6.07, 6.45) is 11.9. The maximum Gasteiger partial charge on any atom is 0.139 e. The van der Waals surface area contributed by atoms with E-state index in [-0.39, 0.29) is 11.5 Å². The minimum Gasteiger partial charge on any atom is -0.378 e. The van der Waals surface area contributed by atoms with Gasteiger partial charge >= 0.3 is 0 Å². The van der Waals surface area contributed by atoms with Crippen LogP contribution in [0.3, 0.4) is 0 Å². The lowest BCUT2D eigenvalue weighted by molar-refractivity contribution is -0.132. The Balaban J connectivity index is 1.35. The molecule has 4 aliphatic carbocycles. The summed E-state index contributed by atoms with van der Waals surface area (Å²) in [5.41, 5.74) is 1.97. The number of nitrogens with zero attached hydrogens (tertiary/aromatic N) is 1. The van der Waals surface area contributed by atoms with E-state index >= 15 is 0 Å². The first-order valence-electron chi connectivity index (χ1n) is 11.9. The maximum atomic E-state index is 12.6. The fourth-order valence-corrected chi connectivity index (χ4v) is 7.21. The van der Waals surface area contributed by atoms with Crippen LogP contribution in [0, 0.1) is 28.6 Å². The Morgan fingerprint density at radius 1 is 0.966 bits per heavy atom. The molecule has 164 valence electrons. The zero-order chi connectivity index (χ0) is 20.6. The van der Waals surface area contributed by atoms with Crippen molar-refractivity contribution in [3.63, 3.8) is 0 Å². The van der Waals surface area contributed by atoms with Gasteiger partial charge < -0.3 is 14.4 Å². The fraction of sp³-hybridized carbons (Fsp3) is 0.880.